The first-order valence-corrected chi connectivity index (χ1v) is 13.0. The van der Waals surface area contributed by atoms with Crippen LogP contribution in [0.25, 0.3) is 0 Å². The molecule has 1 aliphatic rings. The number of nitrogens with one attached hydrogen (secondary N) is 2. The number of pyridine rings is 1. The normalized spacial score (nSPS) is 14.6. The number of carbonyl (C=O) groups excluding carboxylic acids is 2. The quantitative estimate of drug-likeness (QED) is 0.217. The monoisotopic (exact) mass is 581 g/mol. The number of methoxy groups -OCH3 is 1. The number of benzene rings is 2. The van der Waals surface area contributed by atoms with Crippen molar-refractivity contribution in [3.8, 4) is 11.5 Å². The average molecular weight is 582 g/mol. The molecule has 41 heavy (non-hydrogen) atoms. The minimum atomic E-state index is -1.12. The van der Waals surface area contributed by atoms with Crippen molar-refractivity contribution in [2.75, 3.05) is 37.0 Å². The Kier molecular flexibility index (Phi) is 9.64. The zero-order valence-corrected chi connectivity index (χ0v) is 22.9. The molecular weight excluding hydrogens is 553 g/mol. The highest BCUT2D eigenvalue weighted by Crippen LogP contribution is 2.28. The van der Waals surface area contributed by atoms with Gasteiger partial charge in [0.15, 0.2) is 5.11 Å². The van der Waals surface area contributed by atoms with Crippen LogP contribution < -0.4 is 25.0 Å². The van der Waals surface area contributed by atoms with Crippen LogP contribution in [0.15, 0.2) is 66.9 Å². The van der Waals surface area contributed by atoms with E-state index in [1.807, 2.05) is 12.1 Å². The highest BCUT2D eigenvalue weighted by Gasteiger charge is 2.44. The number of hydrogen-bond acceptors (Lipinski definition) is 7. The van der Waals surface area contributed by atoms with Crippen LogP contribution in [0.3, 0.4) is 0 Å². The minimum Gasteiger partial charge on any atom is -0.495 e. The van der Waals surface area contributed by atoms with Crippen molar-refractivity contribution in [1.82, 2.24) is 15.2 Å². The van der Waals surface area contributed by atoms with Gasteiger partial charge in [0.25, 0.3) is 5.91 Å². The molecule has 4 rings (SSSR count). The molecule has 1 aromatic heterocycles. The number of carboxylic acid groups (broad SMARTS) is 1. The second-order valence-corrected chi connectivity index (χ2v) is 9.32. The first kappa shape index (κ1) is 29.2. The van der Waals surface area contributed by atoms with E-state index in [0.717, 1.165) is 5.56 Å². The van der Waals surface area contributed by atoms with Crippen LogP contribution in [-0.2, 0) is 16.0 Å². The Morgan fingerprint density at radius 1 is 1.07 bits per heavy atom. The second-order valence-electron chi connectivity index (χ2n) is 8.95. The molecular formula is C28H28FN5O6S. The molecule has 0 bridgehead atoms. The molecule has 11 nitrogen and oxygen atoms in total. The number of amides is 3. The van der Waals surface area contributed by atoms with Gasteiger partial charge < -0.3 is 30.1 Å². The minimum absolute atomic E-state index is 0.158. The highest BCUT2D eigenvalue weighted by atomic mass is 32.1. The summed E-state index contributed by atoms with van der Waals surface area (Å²) in [6, 6.07) is 15.0. The summed E-state index contributed by atoms with van der Waals surface area (Å²) in [6.07, 6.45) is 0.677. The molecule has 1 atom stereocenters. The summed E-state index contributed by atoms with van der Waals surface area (Å²) in [4.78, 5) is 44.2. The Balaban J connectivity index is 1.45. The van der Waals surface area contributed by atoms with E-state index in [4.69, 9.17) is 26.8 Å². The molecule has 3 amide bonds. The zero-order chi connectivity index (χ0) is 29.4. The van der Waals surface area contributed by atoms with Gasteiger partial charge >= 0.3 is 6.09 Å². The van der Waals surface area contributed by atoms with Gasteiger partial charge in [0.2, 0.25) is 5.91 Å². The van der Waals surface area contributed by atoms with E-state index in [1.165, 1.54) is 42.5 Å². The molecule has 1 unspecified atom stereocenters. The van der Waals surface area contributed by atoms with Crippen molar-refractivity contribution in [1.29, 1.82) is 0 Å². The largest absolute Gasteiger partial charge is 0.495 e. The molecule has 214 valence electrons. The molecule has 0 spiro atoms. The van der Waals surface area contributed by atoms with E-state index in [1.54, 1.807) is 29.2 Å². The van der Waals surface area contributed by atoms with E-state index in [2.05, 4.69) is 15.6 Å². The Morgan fingerprint density at radius 3 is 2.41 bits per heavy atom. The molecule has 1 fully saturated rings. The molecule has 0 saturated carbocycles. The fraction of sp³-hybridized carbons (Fsp3) is 0.250. The molecule has 3 aromatic rings. The van der Waals surface area contributed by atoms with Crippen molar-refractivity contribution < 1.29 is 33.4 Å². The van der Waals surface area contributed by atoms with Crippen LogP contribution in [0, 0.1) is 5.82 Å². The Morgan fingerprint density at radius 2 is 1.78 bits per heavy atom. The zero-order valence-electron chi connectivity index (χ0n) is 22.1. The van der Waals surface area contributed by atoms with Gasteiger partial charge in [0, 0.05) is 6.54 Å². The molecule has 0 radical (unpaired) electrons. The van der Waals surface area contributed by atoms with Crippen molar-refractivity contribution in [3.63, 3.8) is 0 Å². The molecule has 2 aromatic carbocycles. The van der Waals surface area contributed by atoms with Crippen LogP contribution in [0.2, 0.25) is 0 Å². The average Bonchev–Trinajstić information content (AvgIpc) is 3.19. The number of anilines is 2. The highest BCUT2D eigenvalue weighted by molar-refractivity contribution is 7.80. The second kappa shape index (κ2) is 13.5. The van der Waals surface area contributed by atoms with Crippen LogP contribution in [0.5, 0.6) is 11.5 Å². The van der Waals surface area contributed by atoms with E-state index >= 15 is 0 Å². The predicted octanol–water partition coefficient (Wildman–Crippen LogP) is 3.45. The van der Waals surface area contributed by atoms with Crippen LogP contribution >= 0.6 is 12.2 Å². The van der Waals surface area contributed by atoms with Gasteiger partial charge in [-0.3, -0.25) is 14.5 Å². The number of ether oxygens (including phenoxy) is 2. The molecule has 1 aliphatic heterocycles. The summed E-state index contributed by atoms with van der Waals surface area (Å²) in [6.45, 7) is 0.681. The number of rotatable bonds is 12. The summed E-state index contributed by atoms with van der Waals surface area (Å²) in [5, 5.41) is 13.8. The molecule has 13 heteroatoms. The van der Waals surface area contributed by atoms with Gasteiger partial charge in [-0.2, -0.15) is 0 Å². The predicted molar refractivity (Wildman–Crippen MR) is 153 cm³/mol. The van der Waals surface area contributed by atoms with Gasteiger partial charge in [0.1, 0.15) is 35.8 Å². The maximum absolute atomic E-state index is 13.6. The lowest BCUT2D eigenvalue weighted by Gasteiger charge is -2.24. The van der Waals surface area contributed by atoms with E-state index in [9.17, 15) is 18.8 Å². The summed E-state index contributed by atoms with van der Waals surface area (Å²) in [5.41, 5.74) is 1.34. The van der Waals surface area contributed by atoms with Crippen LogP contribution in [0.1, 0.15) is 12.0 Å². The number of halogens is 1. The van der Waals surface area contributed by atoms with E-state index in [-0.39, 0.29) is 24.7 Å². The van der Waals surface area contributed by atoms with Crippen molar-refractivity contribution >= 4 is 46.7 Å². The molecule has 3 N–H and O–H groups in total. The fourth-order valence-electron chi connectivity index (χ4n) is 4.19. The van der Waals surface area contributed by atoms with Gasteiger partial charge in [-0.15, -0.1) is 0 Å². The van der Waals surface area contributed by atoms with Crippen molar-refractivity contribution in [2.45, 2.75) is 18.9 Å². The van der Waals surface area contributed by atoms with Gasteiger partial charge in [-0.25, -0.2) is 14.2 Å². The lowest BCUT2D eigenvalue weighted by molar-refractivity contribution is -0.124. The van der Waals surface area contributed by atoms with Gasteiger partial charge in [-0.1, -0.05) is 12.1 Å². The Hall–Kier alpha value is -4.78. The van der Waals surface area contributed by atoms with Crippen molar-refractivity contribution in [3.05, 3.63) is 78.2 Å². The number of nitrogens with zero attached hydrogens (tertiary/aromatic N) is 3. The summed E-state index contributed by atoms with van der Waals surface area (Å²) in [5.74, 6) is 0.169. The third kappa shape index (κ3) is 7.66. The lowest BCUT2D eigenvalue weighted by Crippen LogP contribution is -2.39. The SMILES string of the molecule is COc1ccc(NC(=O)CC2C(=O)N(c3ccc(F)cc3)C(=S)N2CCc2ccc(OCCNC(=O)O)cc2)nc1. The standard InChI is InChI=1S/C28H28FN5O6S/c1-39-22-10-11-24(31-17-22)32-25(35)16-23-26(36)34(20-6-4-19(29)5-7-20)28(41)33(23)14-12-18-2-8-21(9-3-18)40-15-13-30-27(37)38/h2-11,17,23,30H,12-16H2,1H3,(H,37,38)(H,31,32,35). The lowest BCUT2D eigenvalue weighted by atomic mass is 10.1. The number of carbonyl (C=O) groups is 3. The first-order valence-electron chi connectivity index (χ1n) is 12.6. The number of thiocarbonyl (C=S) groups is 1. The Bertz CT molecular complexity index is 1390. The third-order valence-electron chi connectivity index (χ3n) is 6.23. The smallest absolute Gasteiger partial charge is 0.404 e. The summed E-state index contributed by atoms with van der Waals surface area (Å²) < 4.78 is 24.2. The number of hydrogen-bond donors (Lipinski definition) is 3. The van der Waals surface area contributed by atoms with Crippen molar-refractivity contribution in [2.24, 2.45) is 0 Å². The first-order chi connectivity index (χ1) is 19.7. The molecule has 1 saturated heterocycles. The molecule has 2 heterocycles. The molecule has 0 aliphatic carbocycles. The van der Waals surface area contributed by atoms with Gasteiger partial charge in [-0.05, 0) is 72.7 Å². The Labute approximate surface area is 240 Å². The maximum Gasteiger partial charge on any atom is 0.404 e. The van der Waals surface area contributed by atoms with E-state index < -0.39 is 29.8 Å². The summed E-state index contributed by atoms with van der Waals surface area (Å²) >= 11 is 5.67. The van der Waals surface area contributed by atoms with Crippen LogP contribution in [0.4, 0.5) is 20.7 Å². The maximum atomic E-state index is 13.6. The fourth-order valence-corrected chi connectivity index (χ4v) is 4.60. The third-order valence-corrected chi connectivity index (χ3v) is 6.65. The topological polar surface area (TPSA) is 133 Å². The number of aromatic nitrogens is 1. The van der Waals surface area contributed by atoms with E-state index in [0.29, 0.717) is 36.0 Å². The van der Waals surface area contributed by atoms with Crippen LogP contribution in [-0.4, -0.2) is 70.9 Å². The van der Waals surface area contributed by atoms with Gasteiger partial charge in [0.05, 0.1) is 32.0 Å². The summed E-state index contributed by atoms with van der Waals surface area (Å²) in [7, 11) is 1.51.